The average molecular weight is 421 g/mol. The number of carbonyl (C=O) groups excluding carboxylic acids is 1. The van der Waals surface area contributed by atoms with E-state index in [2.05, 4.69) is 56.3 Å². The number of nitrogens with one attached hydrogen (secondary N) is 1. The number of carboxylic acids is 1. The molecule has 1 saturated heterocycles. The number of pyridine rings is 1. The van der Waals surface area contributed by atoms with Gasteiger partial charge in [-0.25, -0.2) is 0 Å². The maximum absolute atomic E-state index is 12.4. The number of aliphatic carboxylic acids is 1. The molecule has 2 N–H and O–H groups in total. The summed E-state index contributed by atoms with van der Waals surface area (Å²) >= 11 is 0. The minimum Gasteiger partial charge on any atom is -0.481 e. The molecule has 3 heterocycles. The standard InChI is InChI=1S/C24H28N4O3/c1-16(11-23(29)30)26-24(31)17-6-9-28(10-7-17)21-13-20(14-25-15-21)18-3-4-22-19(12-18)5-8-27(22)2/h3-5,8,12-17H,6-7,9-11H2,1-2H3,(H,26,31)(H,29,30). The molecule has 1 unspecified atom stereocenters. The number of aromatic nitrogens is 2. The number of hydrogen-bond donors (Lipinski definition) is 2. The molecule has 0 saturated carbocycles. The Labute approximate surface area is 181 Å². The quantitative estimate of drug-likeness (QED) is 0.638. The van der Waals surface area contributed by atoms with Crippen LogP contribution in [0.4, 0.5) is 5.69 Å². The fourth-order valence-electron chi connectivity index (χ4n) is 4.29. The predicted octanol–water partition coefficient (Wildman–Crippen LogP) is 3.44. The zero-order valence-electron chi connectivity index (χ0n) is 17.9. The molecule has 0 spiro atoms. The Bertz CT molecular complexity index is 1100. The molecular weight excluding hydrogens is 392 g/mol. The second kappa shape index (κ2) is 8.79. The van der Waals surface area contributed by atoms with Crippen LogP contribution in [0.3, 0.4) is 0 Å². The van der Waals surface area contributed by atoms with Crippen LogP contribution in [-0.4, -0.2) is 45.7 Å². The Morgan fingerprint density at radius 3 is 2.68 bits per heavy atom. The number of benzene rings is 1. The minimum atomic E-state index is -0.901. The summed E-state index contributed by atoms with van der Waals surface area (Å²) in [4.78, 5) is 30.0. The number of rotatable bonds is 6. The molecule has 1 aromatic carbocycles. The third kappa shape index (κ3) is 4.71. The van der Waals surface area contributed by atoms with Gasteiger partial charge in [0, 0.05) is 61.0 Å². The van der Waals surface area contributed by atoms with Crippen LogP contribution in [0.15, 0.2) is 48.9 Å². The molecule has 1 aliphatic heterocycles. The first-order chi connectivity index (χ1) is 14.9. The first-order valence-corrected chi connectivity index (χ1v) is 10.7. The van der Waals surface area contributed by atoms with Gasteiger partial charge in [-0.2, -0.15) is 0 Å². The monoisotopic (exact) mass is 420 g/mol. The highest BCUT2D eigenvalue weighted by atomic mass is 16.4. The van der Waals surface area contributed by atoms with Crippen molar-refractivity contribution in [3.63, 3.8) is 0 Å². The number of aryl methyl sites for hydroxylation is 1. The van der Waals surface area contributed by atoms with Crippen LogP contribution in [0.25, 0.3) is 22.0 Å². The van der Waals surface area contributed by atoms with E-state index in [1.165, 1.54) is 10.9 Å². The number of fused-ring (bicyclic) bond motifs is 1. The van der Waals surface area contributed by atoms with Crippen molar-refractivity contribution in [1.29, 1.82) is 0 Å². The molecule has 2 aromatic heterocycles. The van der Waals surface area contributed by atoms with E-state index in [-0.39, 0.29) is 24.3 Å². The van der Waals surface area contributed by atoms with E-state index in [4.69, 9.17) is 5.11 Å². The molecular formula is C24H28N4O3. The van der Waals surface area contributed by atoms with Crippen molar-refractivity contribution in [1.82, 2.24) is 14.9 Å². The van der Waals surface area contributed by atoms with Gasteiger partial charge in [0.1, 0.15) is 0 Å². The van der Waals surface area contributed by atoms with Crippen molar-refractivity contribution in [2.75, 3.05) is 18.0 Å². The lowest BCUT2D eigenvalue weighted by atomic mass is 9.95. The summed E-state index contributed by atoms with van der Waals surface area (Å²) in [5.74, 6) is -1.03. The normalized spacial score (nSPS) is 15.7. The molecule has 162 valence electrons. The van der Waals surface area contributed by atoms with E-state index < -0.39 is 5.97 Å². The summed E-state index contributed by atoms with van der Waals surface area (Å²) in [7, 11) is 2.04. The Morgan fingerprint density at radius 1 is 1.16 bits per heavy atom. The van der Waals surface area contributed by atoms with Crippen molar-refractivity contribution in [2.24, 2.45) is 13.0 Å². The second-order valence-corrected chi connectivity index (χ2v) is 8.40. The maximum atomic E-state index is 12.4. The number of nitrogens with zero attached hydrogens (tertiary/aromatic N) is 3. The molecule has 3 aromatic rings. The molecule has 0 aliphatic carbocycles. The topological polar surface area (TPSA) is 87.5 Å². The molecule has 1 atom stereocenters. The van der Waals surface area contributed by atoms with Crippen LogP contribution in [0.2, 0.25) is 0 Å². The molecule has 1 aliphatic rings. The van der Waals surface area contributed by atoms with E-state index in [1.807, 2.05) is 19.4 Å². The maximum Gasteiger partial charge on any atom is 0.305 e. The number of amides is 1. The van der Waals surface area contributed by atoms with Crippen LogP contribution in [0.5, 0.6) is 0 Å². The van der Waals surface area contributed by atoms with E-state index in [0.29, 0.717) is 0 Å². The SMILES string of the molecule is CC(CC(=O)O)NC(=O)C1CCN(c2cncc(-c3ccc4c(ccn4C)c3)c2)CC1. The fourth-order valence-corrected chi connectivity index (χ4v) is 4.29. The van der Waals surface area contributed by atoms with Gasteiger partial charge in [-0.05, 0) is 49.6 Å². The number of hydrogen-bond acceptors (Lipinski definition) is 4. The molecule has 31 heavy (non-hydrogen) atoms. The molecule has 1 amide bonds. The lowest BCUT2D eigenvalue weighted by Gasteiger charge is -2.33. The van der Waals surface area contributed by atoms with Gasteiger partial charge in [0.2, 0.25) is 5.91 Å². The summed E-state index contributed by atoms with van der Waals surface area (Å²) in [6, 6.07) is 10.4. The Kier molecular flexibility index (Phi) is 5.93. The molecule has 7 nitrogen and oxygen atoms in total. The Balaban J connectivity index is 1.41. The smallest absolute Gasteiger partial charge is 0.305 e. The predicted molar refractivity (Wildman–Crippen MR) is 121 cm³/mol. The summed E-state index contributed by atoms with van der Waals surface area (Å²) < 4.78 is 2.11. The van der Waals surface area contributed by atoms with Crippen molar-refractivity contribution in [3.8, 4) is 11.1 Å². The third-order valence-corrected chi connectivity index (χ3v) is 6.04. The van der Waals surface area contributed by atoms with Gasteiger partial charge in [0.05, 0.1) is 18.3 Å². The number of carboxylic acid groups (broad SMARTS) is 1. The highest BCUT2D eigenvalue weighted by molar-refractivity contribution is 5.86. The minimum absolute atomic E-state index is 0.0450. The zero-order valence-corrected chi connectivity index (χ0v) is 17.9. The van der Waals surface area contributed by atoms with E-state index >= 15 is 0 Å². The molecule has 1 fully saturated rings. The third-order valence-electron chi connectivity index (χ3n) is 6.04. The van der Waals surface area contributed by atoms with Gasteiger partial charge in [-0.3, -0.25) is 14.6 Å². The second-order valence-electron chi connectivity index (χ2n) is 8.40. The fraction of sp³-hybridized carbons (Fsp3) is 0.375. The molecule has 4 rings (SSSR count). The zero-order chi connectivity index (χ0) is 22.0. The van der Waals surface area contributed by atoms with Crippen molar-refractivity contribution in [2.45, 2.75) is 32.2 Å². The Hall–Kier alpha value is -3.35. The lowest BCUT2D eigenvalue weighted by molar-refractivity contribution is -0.137. The van der Waals surface area contributed by atoms with E-state index in [1.54, 1.807) is 6.92 Å². The van der Waals surface area contributed by atoms with Gasteiger partial charge in [-0.15, -0.1) is 0 Å². The van der Waals surface area contributed by atoms with Crippen LogP contribution in [0.1, 0.15) is 26.2 Å². The molecule has 0 bridgehead atoms. The van der Waals surface area contributed by atoms with Crippen LogP contribution in [0, 0.1) is 5.92 Å². The first-order valence-electron chi connectivity index (χ1n) is 10.7. The van der Waals surface area contributed by atoms with E-state index in [0.717, 1.165) is 42.7 Å². The highest BCUT2D eigenvalue weighted by Crippen LogP contribution is 2.29. The lowest BCUT2D eigenvalue weighted by Crippen LogP contribution is -2.43. The first kappa shape index (κ1) is 20.9. The van der Waals surface area contributed by atoms with Crippen LogP contribution in [-0.2, 0) is 16.6 Å². The average Bonchev–Trinajstić information content (AvgIpc) is 3.13. The van der Waals surface area contributed by atoms with Gasteiger partial charge in [0.25, 0.3) is 0 Å². The van der Waals surface area contributed by atoms with E-state index in [9.17, 15) is 9.59 Å². The summed E-state index contributed by atoms with van der Waals surface area (Å²) in [5.41, 5.74) is 4.47. The number of piperidine rings is 1. The Morgan fingerprint density at radius 2 is 1.94 bits per heavy atom. The highest BCUT2D eigenvalue weighted by Gasteiger charge is 2.26. The van der Waals surface area contributed by atoms with Gasteiger partial charge in [0.15, 0.2) is 0 Å². The molecule has 7 heteroatoms. The van der Waals surface area contributed by atoms with Gasteiger partial charge >= 0.3 is 5.97 Å². The summed E-state index contributed by atoms with van der Waals surface area (Å²) in [6.07, 6.45) is 7.25. The van der Waals surface area contributed by atoms with Crippen molar-refractivity contribution < 1.29 is 14.7 Å². The summed E-state index contributed by atoms with van der Waals surface area (Å²) in [5, 5.41) is 12.9. The van der Waals surface area contributed by atoms with Crippen molar-refractivity contribution >= 4 is 28.5 Å². The van der Waals surface area contributed by atoms with Gasteiger partial charge < -0.3 is 19.9 Å². The number of anilines is 1. The summed E-state index contributed by atoms with van der Waals surface area (Å²) in [6.45, 7) is 3.27. The van der Waals surface area contributed by atoms with Gasteiger partial charge in [-0.1, -0.05) is 6.07 Å². The largest absolute Gasteiger partial charge is 0.481 e. The van der Waals surface area contributed by atoms with Crippen LogP contribution < -0.4 is 10.2 Å². The number of carbonyl (C=O) groups is 2. The molecule has 0 radical (unpaired) electrons. The van der Waals surface area contributed by atoms with Crippen LogP contribution >= 0.6 is 0 Å². The van der Waals surface area contributed by atoms with Crippen molar-refractivity contribution in [3.05, 3.63) is 48.9 Å².